The predicted molar refractivity (Wildman–Crippen MR) is 83.8 cm³/mol. The minimum atomic E-state index is -0.115. The number of piperidine rings is 1. The van der Waals surface area contributed by atoms with Crippen molar-refractivity contribution < 1.29 is 9.90 Å². The molecule has 21 heavy (non-hydrogen) atoms. The number of carbonyl (C=O) groups is 1. The van der Waals surface area contributed by atoms with Crippen molar-refractivity contribution in [2.45, 2.75) is 38.8 Å². The standard InChI is InChI=1S/C17H26N2O2/c1-13(16-6-4-3-5-7-16)18-17(21)14(2)19-10-8-15(12-20)9-11-19/h3-7,13-15,20H,8-12H2,1-2H3,(H,18,21). The Labute approximate surface area is 127 Å². The molecule has 0 radical (unpaired) electrons. The predicted octanol–water partition coefficient (Wildman–Crippen LogP) is 1.96. The van der Waals surface area contributed by atoms with Gasteiger partial charge in [-0.3, -0.25) is 9.69 Å². The Morgan fingerprint density at radius 3 is 2.48 bits per heavy atom. The van der Waals surface area contributed by atoms with Gasteiger partial charge in [0.25, 0.3) is 0 Å². The van der Waals surface area contributed by atoms with Crippen LogP contribution in [0.4, 0.5) is 0 Å². The van der Waals surface area contributed by atoms with Crippen LogP contribution in [0.3, 0.4) is 0 Å². The molecule has 1 aromatic rings. The molecule has 0 aliphatic carbocycles. The molecule has 2 atom stereocenters. The molecular weight excluding hydrogens is 264 g/mol. The van der Waals surface area contributed by atoms with E-state index in [0.29, 0.717) is 5.92 Å². The van der Waals surface area contributed by atoms with Gasteiger partial charge in [0.1, 0.15) is 0 Å². The van der Waals surface area contributed by atoms with E-state index >= 15 is 0 Å². The molecule has 0 bridgehead atoms. The lowest BCUT2D eigenvalue weighted by atomic mass is 9.96. The summed E-state index contributed by atoms with van der Waals surface area (Å²) in [5.74, 6) is 0.480. The van der Waals surface area contributed by atoms with E-state index in [0.717, 1.165) is 31.5 Å². The van der Waals surface area contributed by atoms with Crippen molar-refractivity contribution in [3.05, 3.63) is 35.9 Å². The third-order valence-electron chi connectivity index (χ3n) is 4.49. The SMILES string of the molecule is CC(NC(=O)C(C)N1CCC(CO)CC1)c1ccccc1. The quantitative estimate of drug-likeness (QED) is 0.871. The number of benzene rings is 1. The Morgan fingerprint density at radius 2 is 1.90 bits per heavy atom. The zero-order valence-corrected chi connectivity index (χ0v) is 13.0. The molecule has 2 rings (SSSR count). The van der Waals surface area contributed by atoms with Gasteiger partial charge >= 0.3 is 0 Å². The number of nitrogens with one attached hydrogen (secondary N) is 1. The van der Waals surface area contributed by atoms with Gasteiger partial charge in [0.05, 0.1) is 12.1 Å². The molecule has 1 heterocycles. The van der Waals surface area contributed by atoms with E-state index in [-0.39, 0.29) is 24.6 Å². The first-order valence-corrected chi connectivity index (χ1v) is 7.82. The van der Waals surface area contributed by atoms with Crippen LogP contribution >= 0.6 is 0 Å². The molecular formula is C17H26N2O2. The average Bonchev–Trinajstić information content (AvgIpc) is 2.55. The number of carbonyl (C=O) groups excluding carboxylic acids is 1. The van der Waals surface area contributed by atoms with Gasteiger partial charge in [-0.05, 0) is 51.3 Å². The molecule has 4 heteroatoms. The molecule has 1 aliphatic heterocycles. The fourth-order valence-corrected chi connectivity index (χ4v) is 2.85. The highest BCUT2D eigenvalue weighted by molar-refractivity contribution is 5.81. The van der Waals surface area contributed by atoms with Crippen LogP contribution in [0.25, 0.3) is 0 Å². The number of aliphatic hydroxyl groups is 1. The highest BCUT2D eigenvalue weighted by Crippen LogP contribution is 2.19. The lowest BCUT2D eigenvalue weighted by Crippen LogP contribution is -2.49. The normalized spacial score (nSPS) is 20.0. The maximum absolute atomic E-state index is 12.4. The Kier molecular flexibility index (Phi) is 5.76. The summed E-state index contributed by atoms with van der Waals surface area (Å²) >= 11 is 0. The van der Waals surface area contributed by atoms with Crippen molar-refractivity contribution in [2.75, 3.05) is 19.7 Å². The second-order valence-electron chi connectivity index (χ2n) is 5.98. The van der Waals surface area contributed by atoms with Crippen LogP contribution in [0.15, 0.2) is 30.3 Å². The summed E-state index contributed by atoms with van der Waals surface area (Å²) in [7, 11) is 0. The van der Waals surface area contributed by atoms with Crippen molar-refractivity contribution in [3.8, 4) is 0 Å². The van der Waals surface area contributed by atoms with Gasteiger partial charge in [-0.1, -0.05) is 30.3 Å². The van der Waals surface area contributed by atoms with Crippen LogP contribution in [0.2, 0.25) is 0 Å². The van der Waals surface area contributed by atoms with Gasteiger partial charge < -0.3 is 10.4 Å². The summed E-state index contributed by atoms with van der Waals surface area (Å²) in [6.45, 7) is 6.02. The van der Waals surface area contributed by atoms with Crippen LogP contribution in [-0.4, -0.2) is 41.7 Å². The van der Waals surface area contributed by atoms with E-state index in [1.165, 1.54) is 0 Å². The smallest absolute Gasteiger partial charge is 0.237 e. The Hall–Kier alpha value is -1.39. The molecule has 1 aromatic carbocycles. The summed E-state index contributed by atoms with van der Waals surface area (Å²) in [4.78, 5) is 14.6. The highest BCUT2D eigenvalue weighted by atomic mass is 16.3. The lowest BCUT2D eigenvalue weighted by molar-refractivity contribution is -0.127. The van der Waals surface area contributed by atoms with Crippen LogP contribution in [0.1, 0.15) is 38.3 Å². The zero-order chi connectivity index (χ0) is 15.2. The summed E-state index contributed by atoms with van der Waals surface area (Å²) < 4.78 is 0. The molecule has 0 saturated carbocycles. The maximum Gasteiger partial charge on any atom is 0.237 e. The van der Waals surface area contributed by atoms with Crippen LogP contribution < -0.4 is 5.32 Å². The first-order valence-electron chi connectivity index (χ1n) is 7.82. The fourth-order valence-electron chi connectivity index (χ4n) is 2.85. The molecule has 116 valence electrons. The van der Waals surface area contributed by atoms with Crippen molar-refractivity contribution in [2.24, 2.45) is 5.92 Å². The van der Waals surface area contributed by atoms with Gasteiger partial charge in [-0.15, -0.1) is 0 Å². The number of hydrogen-bond acceptors (Lipinski definition) is 3. The average molecular weight is 290 g/mol. The number of amides is 1. The fraction of sp³-hybridized carbons (Fsp3) is 0.588. The molecule has 2 N–H and O–H groups in total. The van der Waals surface area contributed by atoms with Crippen molar-refractivity contribution >= 4 is 5.91 Å². The van der Waals surface area contributed by atoms with E-state index in [1.54, 1.807) is 0 Å². The third-order valence-corrected chi connectivity index (χ3v) is 4.49. The van der Waals surface area contributed by atoms with Gasteiger partial charge in [-0.25, -0.2) is 0 Å². The van der Waals surface area contributed by atoms with E-state index in [1.807, 2.05) is 44.2 Å². The minimum Gasteiger partial charge on any atom is -0.396 e. The zero-order valence-electron chi connectivity index (χ0n) is 13.0. The molecule has 0 spiro atoms. The van der Waals surface area contributed by atoms with Crippen LogP contribution in [0.5, 0.6) is 0 Å². The number of aliphatic hydroxyl groups excluding tert-OH is 1. The number of hydrogen-bond donors (Lipinski definition) is 2. The van der Waals surface area contributed by atoms with E-state index < -0.39 is 0 Å². The summed E-state index contributed by atoms with van der Waals surface area (Å²) in [5, 5.41) is 12.3. The van der Waals surface area contributed by atoms with Crippen molar-refractivity contribution in [1.29, 1.82) is 0 Å². The third kappa shape index (κ3) is 4.29. The summed E-state index contributed by atoms with van der Waals surface area (Å²) in [6.07, 6.45) is 1.95. The van der Waals surface area contributed by atoms with Gasteiger partial charge in [-0.2, -0.15) is 0 Å². The van der Waals surface area contributed by atoms with E-state index in [9.17, 15) is 9.90 Å². The Morgan fingerprint density at radius 1 is 1.29 bits per heavy atom. The second kappa shape index (κ2) is 7.57. The van der Waals surface area contributed by atoms with Crippen LogP contribution in [0, 0.1) is 5.92 Å². The molecule has 1 amide bonds. The topological polar surface area (TPSA) is 52.6 Å². The van der Waals surface area contributed by atoms with Gasteiger partial charge in [0.2, 0.25) is 5.91 Å². The molecule has 4 nitrogen and oxygen atoms in total. The maximum atomic E-state index is 12.4. The highest BCUT2D eigenvalue weighted by Gasteiger charge is 2.26. The largest absolute Gasteiger partial charge is 0.396 e. The lowest BCUT2D eigenvalue weighted by Gasteiger charge is -2.35. The second-order valence-corrected chi connectivity index (χ2v) is 5.98. The first-order chi connectivity index (χ1) is 10.1. The molecule has 1 aliphatic rings. The Balaban J connectivity index is 1.85. The van der Waals surface area contributed by atoms with Gasteiger partial charge in [0, 0.05) is 6.61 Å². The number of nitrogens with zero attached hydrogens (tertiary/aromatic N) is 1. The summed E-state index contributed by atoms with van der Waals surface area (Å²) in [5.41, 5.74) is 1.12. The number of likely N-dealkylation sites (tertiary alicyclic amines) is 1. The van der Waals surface area contributed by atoms with E-state index in [2.05, 4.69) is 10.2 Å². The monoisotopic (exact) mass is 290 g/mol. The summed E-state index contributed by atoms with van der Waals surface area (Å²) in [6, 6.07) is 9.92. The van der Waals surface area contributed by atoms with Crippen molar-refractivity contribution in [3.63, 3.8) is 0 Å². The molecule has 2 unspecified atom stereocenters. The molecule has 0 aromatic heterocycles. The first kappa shape index (κ1) is 16.0. The van der Waals surface area contributed by atoms with E-state index in [4.69, 9.17) is 0 Å². The number of rotatable bonds is 5. The van der Waals surface area contributed by atoms with Crippen LogP contribution in [-0.2, 0) is 4.79 Å². The minimum absolute atomic E-state index is 0.0242. The van der Waals surface area contributed by atoms with Crippen molar-refractivity contribution in [1.82, 2.24) is 10.2 Å². The Bertz CT molecular complexity index is 441. The molecule has 1 saturated heterocycles. The molecule has 1 fully saturated rings. The van der Waals surface area contributed by atoms with Gasteiger partial charge in [0.15, 0.2) is 0 Å².